The molecule has 3 rings (SSSR count). The summed E-state index contributed by atoms with van der Waals surface area (Å²) >= 11 is 2.09. The maximum Gasteiger partial charge on any atom is 0.347 e. The van der Waals surface area contributed by atoms with Crippen LogP contribution in [0.15, 0.2) is 12.1 Å². The van der Waals surface area contributed by atoms with E-state index >= 15 is 0 Å². The number of hydrogen-bond acceptors (Lipinski definition) is 5. The zero-order valence-electron chi connectivity index (χ0n) is 13.2. The quantitative estimate of drug-likeness (QED) is 0.699. The van der Waals surface area contributed by atoms with E-state index in [1.807, 2.05) is 13.8 Å². The number of hydrogen-bond donors (Lipinski definition) is 1. The van der Waals surface area contributed by atoms with Crippen molar-refractivity contribution in [1.29, 1.82) is 5.26 Å². The molecule has 1 N–H and O–H groups in total. The molecular formula is C17H13FN2O2S2. The summed E-state index contributed by atoms with van der Waals surface area (Å²) in [5.41, 5.74) is 1.68. The third-order valence-corrected chi connectivity index (χ3v) is 6.24. The van der Waals surface area contributed by atoms with Crippen molar-refractivity contribution >= 4 is 38.7 Å². The molecule has 24 heavy (non-hydrogen) atoms. The number of rotatable bonds is 3. The van der Waals surface area contributed by atoms with Crippen molar-refractivity contribution in [1.82, 2.24) is 4.98 Å². The fourth-order valence-corrected chi connectivity index (χ4v) is 4.54. The van der Waals surface area contributed by atoms with Gasteiger partial charge < -0.3 is 5.11 Å². The van der Waals surface area contributed by atoms with Gasteiger partial charge in [-0.1, -0.05) is 13.8 Å². The van der Waals surface area contributed by atoms with Crippen LogP contribution in [0.4, 0.5) is 4.39 Å². The van der Waals surface area contributed by atoms with E-state index in [0.29, 0.717) is 26.4 Å². The Morgan fingerprint density at radius 3 is 2.62 bits per heavy atom. The van der Waals surface area contributed by atoms with Gasteiger partial charge in [-0.3, -0.25) is 0 Å². The Labute approximate surface area is 145 Å². The molecule has 3 aromatic rings. The molecule has 2 aromatic heterocycles. The first kappa shape index (κ1) is 16.6. The maximum absolute atomic E-state index is 14.9. The molecule has 0 aliphatic heterocycles. The van der Waals surface area contributed by atoms with Crippen molar-refractivity contribution in [3.8, 4) is 16.0 Å². The number of nitrogens with zero attached hydrogens (tertiary/aromatic N) is 2. The van der Waals surface area contributed by atoms with Gasteiger partial charge in [0.25, 0.3) is 0 Å². The SMILES string of the molecule is Cc1nc(-c2sc3c(C#N)cc(C(C)C)cc3c2F)sc1C(=O)O. The van der Waals surface area contributed by atoms with Gasteiger partial charge in [-0.15, -0.1) is 22.7 Å². The van der Waals surface area contributed by atoms with E-state index in [0.717, 1.165) is 28.2 Å². The molecule has 0 aliphatic rings. The van der Waals surface area contributed by atoms with E-state index in [-0.39, 0.29) is 15.7 Å². The van der Waals surface area contributed by atoms with E-state index in [9.17, 15) is 14.4 Å². The average Bonchev–Trinajstić information content (AvgIpc) is 3.07. The van der Waals surface area contributed by atoms with Crippen LogP contribution in [0.1, 0.15) is 46.3 Å². The second-order valence-electron chi connectivity index (χ2n) is 5.70. The number of carboxylic acids is 1. The molecule has 7 heteroatoms. The van der Waals surface area contributed by atoms with Gasteiger partial charge in [0.1, 0.15) is 20.8 Å². The number of benzene rings is 1. The largest absolute Gasteiger partial charge is 0.477 e. The van der Waals surface area contributed by atoms with Crippen LogP contribution < -0.4 is 0 Å². The fourth-order valence-electron chi connectivity index (χ4n) is 2.44. The van der Waals surface area contributed by atoms with Crippen LogP contribution in [0.25, 0.3) is 20.0 Å². The summed E-state index contributed by atoms with van der Waals surface area (Å²) in [6.45, 7) is 5.56. The standard InChI is InChI=1S/C17H13FN2O2S2/c1-7(2)9-4-10(6-19)14-11(5-9)12(18)15(23-14)16-20-8(3)13(24-16)17(21)22/h4-5,7H,1-3H3,(H,21,22). The van der Waals surface area contributed by atoms with Crippen molar-refractivity contribution in [3.63, 3.8) is 0 Å². The summed E-state index contributed by atoms with van der Waals surface area (Å²) < 4.78 is 15.5. The van der Waals surface area contributed by atoms with Gasteiger partial charge in [0, 0.05) is 5.39 Å². The number of carboxylic acid groups (broad SMARTS) is 1. The molecule has 2 heterocycles. The lowest BCUT2D eigenvalue weighted by molar-refractivity contribution is 0.0701. The normalized spacial score (nSPS) is 11.2. The van der Waals surface area contributed by atoms with Crippen LogP contribution >= 0.6 is 22.7 Å². The van der Waals surface area contributed by atoms with Crippen LogP contribution in [-0.2, 0) is 0 Å². The predicted octanol–water partition coefficient (Wildman–Crippen LogP) is 5.17. The lowest BCUT2D eigenvalue weighted by Gasteiger charge is -2.06. The Kier molecular flexibility index (Phi) is 4.11. The summed E-state index contributed by atoms with van der Waals surface area (Å²) in [5.74, 6) is -1.35. The molecular weight excluding hydrogens is 347 g/mol. The van der Waals surface area contributed by atoms with Crippen LogP contribution in [0.5, 0.6) is 0 Å². The molecule has 0 bridgehead atoms. The third kappa shape index (κ3) is 2.58. The lowest BCUT2D eigenvalue weighted by Crippen LogP contribution is -1.94. The predicted molar refractivity (Wildman–Crippen MR) is 93.4 cm³/mol. The Morgan fingerprint density at radius 2 is 2.08 bits per heavy atom. The summed E-state index contributed by atoms with van der Waals surface area (Å²) in [5, 5.41) is 19.3. The van der Waals surface area contributed by atoms with Gasteiger partial charge in [0.2, 0.25) is 0 Å². The minimum Gasteiger partial charge on any atom is -0.477 e. The topological polar surface area (TPSA) is 74.0 Å². The highest BCUT2D eigenvalue weighted by molar-refractivity contribution is 7.26. The summed E-state index contributed by atoms with van der Waals surface area (Å²) in [6.07, 6.45) is 0. The van der Waals surface area contributed by atoms with E-state index in [1.165, 1.54) is 0 Å². The molecule has 0 unspecified atom stereocenters. The molecule has 0 saturated heterocycles. The molecule has 0 fully saturated rings. The van der Waals surface area contributed by atoms with E-state index < -0.39 is 11.8 Å². The second-order valence-corrected chi connectivity index (χ2v) is 7.72. The molecule has 0 amide bonds. The number of aromatic carboxylic acids is 1. The number of aryl methyl sites for hydroxylation is 1. The third-order valence-electron chi connectivity index (χ3n) is 3.72. The van der Waals surface area contributed by atoms with Crippen LogP contribution in [0.3, 0.4) is 0 Å². The van der Waals surface area contributed by atoms with Gasteiger partial charge in [-0.25, -0.2) is 14.2 Å². The van der Waals surface area contributed by atoms with Crippen molar-refractivity contribution < 1.29 is 14.3 Å². The number of thiophene rings is 1. The van der Waals surface area contributed by atoms with E-state index in [4.69, 9.17) is 5.11 Å². The zero-order chi connectivity index (χ0) is 17.6. The first-order valence-electron chi connectivity index (χ1n) is 7.20. The van der Waals surface area contributed by atoms with Crippen LogP contribution in [-0.4, -0.2) is 16.1 Å². The molecule has 1 aromatic carbocycles. The molecule has 4 nitrogen and oxygen atoms in total. The maximum atomic E-state index is 14.9. The number of thiazole rings is 1. The Morgan fingerprint density at radius 1 is 1.38 bits per heavy atom. The summed E-state index contributed by atoms with van der Waals surface area (Å²) in [6, 6.07) is 5.66. The van der Waals surface area contributed by atoms with Crippen molar-refractivity contribution in [2.24, 2.45) is 0 Å². The zero-order valence-corrected chi connectivity index (χ0v) is 14.8. The number of fused-ring (bicyclic) bond motifs is 1. The van der Waals surface area contributed by atoms with E-state index in [1.54, 1.807) is 19.1 Å². The smallest absolute Gasteiger partial charge is 0.347 e. The Hall–Kier alpha value is -2.30. The second kappa shape index (κ2) is 5.96. The van der Waals surface area contributed by atoms with Crippen molar-refractivity contribution in [2.45, 2.75) is 26.7 Å². The summed E-state index contributed by atoms with van der Waals surface area (Å²) in [7, 11) is 0. The minimum absolute atomic E-state index is 0.102. The highest BCUT2D eigenvalue weighted by Crippen LogP contribution is 2.42. The Bertz CT molecular complexity index is 1010. The average molecular weight is 360 g/mol. The Balaban J connectivity index is 2.28. The van der Waals surface area contributed by atoms with E-state index in [2.05, 4.69) is 11.1 Å². The number of aromatic nitrogens is 1. The molecule has 0 saturated carbocycles. The first-order valence-corrected chi connectivity index (χ1v) is 8.84. The number of nitriles is 1. The lowest BCUT2D eigenvalue weighted by atomic mass is 9.99. The minimum atomic E-state index is -1.07. The highest BCUT2D eigenvalue weighted by atomic mass is 32.1. The molecule has 0 aliphatic carbocycles. The molecule has 0 spiro atoms. The molecule has 0 radical (unpaired) electrons. The van der Waals surface area contributed by atoms with Crippen molar-refractivity contribution in [3.05, 3.63) is 39.6 Å². The number of carbonyl (C=O) groups is 1. The molecule has 122 valence electrons. The summed E-state index contributed by atoms with van der Waals surface area (Å²) in [4.78, 5) is 15.8. The van der Waals surface area contributed by atoms with Crippen LogP contribution in [0.2, 0.25) is 0 Å². The highest BCUT2D eigenvalue weighted by Gasteiger charge is 2.22. The van der Waals surface area contributed by atoms with Gasteiger partial charge in [0.15, 0.2) is 5.82 Å². The van der Waals surface area contributed by atoms with Crippen molar-refractivity contribution in [2.75, 3.05) is 0 Å². The molecule has 0 atom stereocenters. The van der Waals surface area contributed by atoms with Gasteiger partial charge >= 0.3 is 5.97 Å². The monoisotopic (exact) mass is 360 g/mol. The van der Waals surface area contributed by atoms with Gasteiger partial charge in [0.05, 0.1) is 16.0 Å². The van der Waals surface area contributed by atoms with Gasteiger partial charge in [-0.05, 0) is 30.5 Å². The fraction of sp³-hybridized carbons (Fsp3) is 0.235. The number of halogens is 1. The van der Waals surface area contributed by atoms with Crippen LogP contribution in [0, 0.1) is 24.1 Å². The first-order chi connectivity index (χ1) is 11.3. The van der Waals surface area contributed by atoms with Gasteiger partial charge in [-0.2, -0.15) is 5.26 Å².